The molecule has 0 saturated carbocycles. The zero-order valence-electron chi connectivity index (χ0n) is 11.4. The lowest BCUT2D eigenvalue weighted by atomic mass is 9.92. The molecule has 0 bridgehead atoms. The maximum Gasteiger partial charge on any atom is 0.180 e. The highest BCUT2D eigenvalue weighted by molar-refractivity contribution is 6.00. The van der Waals surface area contributed by atoms with E-state index in [1.165, 1.54) is 0 Å². The highest BCUT2D eigenvalue weighted by Crippen LogP contribution is 2.24. The lowest BCUT2D eigenvalue weighted by Crippen LogP contribution is -2.36. The fraction of sp³-hybridized carbons (Fsp3) is 0.500. The highest BCUT2D eigenvalue weighted by Gasteiger charge is 2.22. The van der Waals surface area contributed by atoms with Crippen LogP contribution in [0.25, 0.3) is 0 Å². The molecule has 4 heteroatoms. The van der Waals surface area contributed by atoms with Crippen molar-refractivity contribution in [3.8, 4) is 11.5 Å². The predicted octanol–water partition coefficient (Wildman–Crippen LogP) is 2.26. The molecule has 18 heavy (non-hydrogen) atoms. The van der Waals surface area contributed by atoms with Gasteiger partial charge in [-0.2, -0.15) is 0 Å². The summed E-state index contributed by atoms with van der Waals surface area (Å²) in [5.41, 5.74) is 6.48. The standard InChI is InChI=1S/C14H21NO3/c1-5-9(2)13(15)14(16)10-6-11(17-3)8-12(7-10)18-4/h6-9,13H,5,15H2,1-4H3. The molecule has 1 aromatic rings. The molecular weight excluding hydrogens is 230 g/mol. The van der Waals surface area contributed by atoms with Crippen molar-refractivity contribution in [3.05, 3.63) is 23.8 Å². The van der Waals surface area contributed by atoms with Crippen molar-refractivity contribution in [2.24, 2.45) is 11.7 Å². The third-order valence-corrected chi connectivity index (χ3v) is 3.20. The Hall–Kier alpha value is -1.55. The van der Waals surface area contributed by atoms with Crippen LogP contribution < -0.4 is 15.2 Å². The van der Waals surface area contributed by atoms with Crippen LogP contribution in [0.2, 0.25) is 0 Å². The monoisotopic (exact) mass is 251 g/mol. The molecule has 4 nitrogen and oxygen atoms in total. The van der Waals surface area contributed by atoms with Gasteiger partial charge in [-0.25, -0.2) is 0 Å². The lowest BCUT2D eigenvalue weighted by Gasteiger charge is -2.17. The van der Waals surface area contributed by atoms with Crippen molar-refractivity contribution in [1.29, 1.82) is 0 Å². The minimum absolute atomic E-state index is 0.0819. The Kier molecular flexibility index (Phi) is 5.16. The molecule has 0 fully saturated rings. The SMILES string of the molecule is CCC(C)C(N)C(=O)c1cc(OC)cc(OC)c1. The summed E-state index contributed by atoms with van der Waals surface area (Å²) in [7, 11) is 3.11. The van der Waals surface area contributed by atoms with Gasteiger partial charge < -0.3 is 15.2 Å². The first-order chi connectivity index (χ1) is 8.53. The molecule has 0 aliphatic heterocycles. The molecule has 0 saturated heterocycles. The lowest BCUT2D eigenvalue weighted by molar-refractivity contribution is 0.0934. The van der Waals surface area contributed by atoms with E-state index in [1.54, 1.807) is 32.4 Å². The van der Waals surface area contributed by atoms with Crippen LogP contribution in [0.3, 0.4) is 0 Å². The van der Waals surface area contributed by atoms with Crippen LogP contribution in [0.1, 0.15) is 30.6 Å². The smallest absolute Gasteiger partial charge is 0.180 e. The van der Waals surface area contributed by atoms with Gasteiger partial charge in [0.25, 0.3) is 0 Å². The predicted molar refractivity (Wildman–Crippen MR) is 71.3 cm³/mol. The maximum atomic E-state index is 12.2. The molecule has 0 amide bonds. The fourth-order valence-electron chi connectivity index (χ4n) is 1.65. The molecule has 2 atom stereocenters. The molecule has 2 unspecified atom stereocenters. The van der Waals surface area contributed by atoms with E-state index in [9.17, 15) is 4.79 Å². The zero-order chi connectivity index (χ0) is 13.7. The molecule has 0 spiro atoms. The molecule has 100 valence electrons. The molecule has 0 aromatic heterocycles. The Morgan fingerprint density at radius 1 is 1.22 bits per heavy atom. The number of ketones is 1. The second-order valence-electron chi connectivity index (χ2n) is 4.38. The molecule has 0 aliphatic carbocycles. The summed E-state index contributed by atoms with van der Waals surface area (Å²) in [5, 5.41) is 0. The quantitative estimate of drug-likeness (QED) is 0.788. The largest absolute Gasteiger partial charge is 0.497 e. The van der Waals surface area contributed by atoms with E-state index in [-0.39, 0.29) is 11.7 Å². The number of carbonyl (C=O) groups excluding carboxylic acids is 1. The number of rotatable bonds is 6. The molecule has 0 aliphatic rings. The van der Waals surface area contributed by atoms with Crippen molar-refractivity contribution >= 4 is 5.78 Å². The molecule has 0 heterocycles. The van der Waals surface area contributed by atoms with Gasteiger partial charge in [0, 0.05) is 11.6 Å². The number of methoxy groups -OCH3 is 2. The average molecular weight is 251 g/mol. The summed E-state index contributed by atoms with van der Waals surface area (Å²) >= 11 is 0. The average Bonchev–Trinajstić information content (AvgIpc) is 2.43. The van der Waals surface area contributed by atoms with Gasteiger partial charge in [-0.3, -0.25) is 4.79 Å². The minimum Gasteiger partial charge on any atom is -0.497 e. The Morgan fingerprint density at radius 3 is 2.11 bits per heavy atom. The van der Waals surface area contributed by atoms with E-state index >= 15 is 0 Å². The first kappa shape index (κ1) is 14.5. The normalized spacial score (nSPS) is 13.8. The van der Waals surface area contributed by atoms with Crippen LogP contribution in [0, 0.1) is 5.92 Å². The van der Waals surface area contributed by atoms with Crippen molar-refractivity contribution in [2.75, 3.05) is 14.2 Å². The van der Waals surface area contributed by atoms with Gasteiger partial charge in [0.1, 0.15) is 11.5 Å². The third-order valence-electron chi connectivity index (χ3n) is 3.20. The Bertz CT molecular complexity index is 395. The molecular formula is C14H21NO3. The van der Waals surface area contributed by atoms with Crippen molar-refractivity contribution in [1.82, 2.24) is 0 Å². The summed E-state index contributed by atoms with van der Waals surface area (Å²) in [4.78, 5) is 12.2. The number of hydrogen-bond donors (Lipinski definition) is 1. The van der Waals surface area contributed by atoms with Gasteiger partial charge >= 0.3 is 0 Å². The van der Waals surface area contributed by atoms with Crippen molar-refractivity contribution in [2.45, 2.75) is 26.3 Å². The van der Waals surface area contributed by atoms with Crippen LogP contribution in [-0.4, -0.2) is 26.0 Å². The van der Waals surface area contributed by atoms with Crippen LogP contribution in [0.5, 0.6) is 11.5 Å². The van der Waals surface area contributed by atoms with Gasteiger partial charge in [-0.15, -0.1) is 0 Å². The van der Waals surface area contributed by atoms with Gasteiger partial charge in [0.2, 0.25) is 0 Å². The number of Topliss-reactive ketones (excluding diaryl/α,β-unsaturated/α-hetero) is 1. The van der Waals surface area contributed by atoms with E-state index in [0.29, 0.717) is 17.1 Å². The maximum absolute atomic E-state index is 12.2. The first-order valence-electron chi connectivity index (χ1n) is 6.06. The summed E-state index contributed by atoms with van der Waals surface area (Å²) < 4.78 is 10.3. The van der Waals surface area contributed by atoms with E-state index < -0.39 is 6.04 Å². The van der Waals surface area contributed by atoms with Gasteiger partial charge in [-0.1, -0.05) is 20.3 Å². The van der Waals surface area contributed by atoms with Crippen molar-refractivity contribution in [3.63, 3.8) is 0 Å². The van der Waals surface area contributed by atoms with Gasteiger partial charge in [-0.05, 0) is 18.1 Å². The Labute approximate surface area is 108 Å². The number of benzene rings is 1. The van der Waals surface area contributed by atoms with E-state index in [2.05, 4.69) is 0 Å². The van der Waals surface area contributed by atoms with Crippen LogP contribution in [-0.2, 0) is 0 Å². The fourth-order valence-corrected chi connectivity index (χ4v) is 1.65. The second kappa shape index (κ2) is 6.40. The van der Waals surface area contributed by atoms with Crippen molar-refractivity contribution < 1.29 is 14.3 Å². The first-order valence-corrected chi connectivity index (χ1v) is 6.06. The van der Waals surface area contributed by atoms with Gasteiger partial charge in [0.05, 0.1) is 20.3 Å². The number of hydrogen-bond acceptors (Lipinski definition) is 4. The van der Waals surface area contributed by atoms with E-state index in [4.69, 9.17) is 15.2 Å². The Morgan fingerprint density at radius 2 is 1.72 bits per heavy atom. The molecule has 0 radical (unpaired) electrons. The summed E-state index contributed by atoms with van der Waals surface area (Å²) in [6.07, 6.45) is 0.869. The summed E-state index contributed by atoms with van der Waals surface area (Å²) in [5.74, 6) is 1.25. The van der Waals surface area contributed by atoms with Gasteiger partial charge in [0.15, 0.2) is 5.78 Å². The Balaban J connectivity index is 3.04. The molecule has 1 aromatic carbocycles. The van der Waals surface area contributed by atoms with Crippen LogP contribution in [0.4, 0.5) is 0 Å². The van der Waals surface area contributed by atoms with E-state index in [1.807, 2.05) is 13.8 Å². The summed E-state index contributed by atoms with van der Waals surface area (Å²) in [6.45, 7) is 3.99. The highest BCUT2D eigenvalue weighted by atomic mass is 16.5. The molecule has 2 N–H and O–H groups in total. The van der Waals surface area contributed by atoms with E-state index in [0.717, 1.165) is 6.42 Å². The second-order valence-corrected chi connectivity index (χ2v) is 4.38. The minimum atomic E-state index is -0.494. The molecule has 1 rings (SSSR count). The third kappa shape index (κ3) is 3.23. The number of carbonyl (C=O) groups is 1. The topological polar surface area (TPSA) is 61.6 Å². The van der Waals surface area contributed by atoms with Crippen LogP contribution >= 0.6 is 0 Å². The number of nitrogens with two attached hydrogens (primary N) is 1. The summed E-state index contributed by atoms with van der Waals surface area (Å²) in [6, 6.07) is 4.61. The number of ether oxygens (including phenoxy) is 2. The zero-order valence-corrected chi connectivity index (χ0v) is 11.4. The van der Waals surface area contributed by atoms with Crippen LogP contribution in [0.15, 0.2) is 18.2 Å².